The second-order valence-electron chi connectivity index (χ2n) is 5.15. The minimum Gasteiger partial charge on any atom is -0.207 e. The maximum atomic E-state index is 12.7. The fourth-order valence-electron chi connectivity index (χ4n) is 1.57. The van der Waals surface area contributed by atoms with Crippen LogP contribution in [0.3, 0.4) is 0 Å². The first-order valence-electron chi connectivity index (χ1n) is 6.10. The van der Waals surface area contributed by atoms with E-state index in [4.69, 9.17) is 34.8 Å². The molecular formula is C13H18Cl3NO2S. The van der Waals surface area contributed by atoms with Gasteiger partial charge in [0.05, 0.1) is 5.02 Å². The monoisotopic (exact) mass is 357 g/mol. The molecule has 0 amide bonds. The number of rotatable bonds is 5. The molecule has 0 spiro atoms. The third kappa shape index (κ3) is 3.42. The molecule has 0 aliphatic heterocycles. The molecule has 1 aromatic carbocycles. The Balaban J connectivity index is 3.43. The summed E-state index contributed by atoms with van der Waals surface area (Å²) in [4.78, 5) is 0.0308. The summed E-state index contributed by atoms with van der Waals surface area (Å²) in [6.45, 7) is 5.65. The summed E-state index contributed by atoms with van der Waals surface area (Å²) in [7, 11) is -2.16. The molecule has 1 aromatic rings. The number of sulfonamides is 1. The Morgan fingerprint density at radius 2 is 1.75 bits per heavy atom. The minimum absolute atomic E-state index is 0.0308. The summed E-state index contributed by atoms with van der Waals surface area (Å²) >= 11 is 17.8. The fraction of sp³-hybridized carbons (Fsp3) is 0.538. The quantitative estimate of drug-likeness (QED) is 0.725. The number of hydrogen-bond donors (Lipinski definition) is 0. The number of benzene rings is 1. The average molecular weight is 359 g/mol. The van der Waals surface area contributed by atoms with E-state index in [2.05, 4.69) is 0 Å². The van der Waals surface area contributed by atoms with Crippen LogP contribution in [0.25, 0.3) is 0 Å². The minimum atomic E-state index is -3.70. The lowest BCUT2D eigenvalue weighted by Crippen LogP contribution is -2.44. The molecule has 0 unspecified atom stereocenters. The first-order chi connectivity index (χ1) is 9.07. The van der Waals surface area contributed by atoms with E-state index in [1.54, 1.807) is 7.05 Å². The Morgan fingerprint density at radius 3 is 2.20 bits per heavy atom. The highest BCUT2D eigenvalue weighted by molar-refractivity contribution is 7.89. The maximum Gasteiger partial charge on any atom is 0.244 e. The zero-order chi connectivity index (χ0) is 15.7. The Morgan fingerprint density at radius 1 is 1.20 bits per heavy atom. The van der Waals surface area contributed by atoms with Crippen molar-refractivity contribution in [3.63, 3.8) is 0 Å². The van der Waals surface area contributed by atoms with Gasteiger partial charge in [0.15, 0.2) is 0 Å². The van der Waals surface area contributed by atoms with Crippen LogP contribution in [0.15, 0.2) is 17.0 Å². The molecule has 0 radical (unpaired) electrons. The van der Waals surface area contributed by atoms with Gasteiger partial charge in [-0.2, -0.15) is 4.31 Å². The van der Waals surface area contributed by atoms with Gasteiger partial charge >= 0.3 is 0 Å². The molecule has 0 aliphatic rings. The molecule has 0 atom stereocenters. The SMILES string of the molecule is CCC(C)(C)N(C)S(=O)(=O)c1cc(CCl)c(Cl)cc1Cl. The molecule has 20 heavy (non-hydrogen) atoms. The van der Waals surface area contributed by atoms with Crippen LogP contribution >= 0.6 is 34.8 Å². The van der Waals surface area contributed by atoms with Crippen molar-refractivity contribution in [3.8, 4) is 0 Å². The first kappa shape index (κ1) is 18.1. The molecule has 0 heterocycles. The molecule has 1 rings (SSSR count). The van der Waals surface area contributed by atoms with Crippen LogP contribution in [0.4, 0.5) is 0 Å². The molecule has 114 valence electrons. The van der Waals surface area contributed by atoms with Crippen LogP contribution in [0, 0.1) is 0 Å². The summed E-state index contributed by atoms with van der Waals surface area (Å²) in [6, 6.07) is 2.86. The molecular weight excluding hydrogens is 341 g/mol. The van der Waals surface area contributed by atoms with E-state index in [0.717, 1.165) is 0 Å². The largest absolute Gasteiger partial charge is 0.244 e. The summed E-state index contributed by atoms with van der Waals surface area (Å²) in [5, 5.41) is 0.462. The molecule has 0 bridgehead atoms. The Hall–Kier alpha value is -0.000000000000000111. The molecule has 0 aliphatic carbocycles. The third-order valence-electron chi connectivity index (χ3n) is 3.60. The average Bonchev–Trinajstić information content (AvgIpc) is 2.37. The van der Waals surface area contributed by atoms with Crippen LogP contribution in [-0.4, -0.2) is 25.3 Å². The number of halogens is 3. The maximum absolute atomic E-state index is 12.7. The van der Waals surface area contributed by atoms with Crippen molar-refractivity contribution >= 4 is 44.8 Å². The normalized spacial score (nSPS) is 13.0. The van der Waals surface area contributed by atoms with Gasteiger partial charge in [-0.25, -0.2) is 8.42 Å². The zero-order valence-electron chi connectivity index (χ0n) is 11.9. The topological polar surface area (TPSA) is 37.4 Å². The van der Waals surface area contributed by atoms with Crippen LogP contribution in [-0.2, 0) is 15.9 Å². The van der Waals surface area contributed by atoms with E-state index in [0.29, 0.717) is 17.0 Å². The lowest BCUT2D eigenvalue weighted by Gasteiger charge is -2.34. The van der Waals surface area contributed by atoms with Gasteiger partial charge in [0.2, 0.25) is 10.0 Å². The van der Waals surface area contributed by atoms with Crippen LogP contribution in [0.5, 0.6) is 0 Å². The highest BCUT2D eigenvalue weighted by Gasteiger charge is 2.34. The molecule has 0 N–H and O–H groups in total. The van der Waals surface area contributed by atoms with E-state index in [9.17, 15) is 8.42 Å². The van der Waals surface area contributed by atoms with Gasteiger partial charge in [-0.3, -0.25) is 0 Å². The van der Waals surface area contributed by atoms with Crippen molar-refractivity contribution in [2.75, 3.05) is 7.05 Å². The molecule has 0 saturated carbocycles. The fourth-order valence-corrected chi connectivity index (χ4v) is 4.27. The van der Waals surface area contributed by atoms with Crippen LogP contribution < -0.4 is 0 Å². The van der Waals surface area contributed by atoms with Crippen molar-refractivity contribution in [1.82, 2.24) is 4.31 Å². The van der Waals surface area contributed by atoms with Gasteiger partial charge in [-0.15, -0.1) is 11.6 Å². The number of nitrogens with zero attached hydrogens (tertiary/aromatic N) is 1. The van der Waals surface area contributed by atoms with Crippen molar-refractivity contribution < 1.29 is 8.42 Å². The van der Waals surface area contributed by atoms with E-state index in [1.165, 1.54) is 16.4 Å². The van der Waals surface area contributed by atoms with Crippen molar-refractivity contribution in [1.29, 1.82) is 0 Å². The van der Waals surface area contributed by atoms with E-state index in [1.807, 2.05) is 20.8 Å². The standard InChI is InChI=1S/C13H18Cl3NO2S/c1-5-13(2,3)17(4)20(18,19)12-6-9(8-14)10(15)7-11(12)16/h6-7H,5,8H2,1-4H3. The lowest BCUT2D eigenvalue weighted by atomic mass is 10.0. The van der Waals surface area contributed by atoms with Crippen LogP contribution in [0.1, 0.15) is 32.8 Å². The molecule has 0 saturated heterocycles. The molecule has 7 heteroatoms. The van der Waals surface area contributed by atoms with E-state index >= 15 is 0 Å². The highest BCUT2D eigenvalue weighted by atomic mass is 35.5. The molecule has 3 nitrogen and oxygen atoms in total. The van der Waals surface area contributed by atoms with Crippen molar-refractivity contribution in [2.24, 2.45) is 0 Å². The van der Waals surface area contributed by atoms with Gasteiger partial charge in [-0.05, 0) is 38.0 Å². The molecule has 0 fully saturated rings. The second kappa shape index (κ2) is 6.41. The van der Waals surface area contributed by atoms with Gasteiger partial charge in [0.1, 0.15) is 4.90 Å². The lowest BCUT2D eigenvalue weighted by molar-refractivity contribution is 0.257. The number of hydrogen-bond acceptors (Lipinski definition) is 2. The third-order valence-corrected chi connectivity index (χ3v) is 6.77. The predicted molar refractivity (Wildman–Crippen MR) is 85.3 cm³/mol. The summed E-state index contributed by atoms with van der Waals surface area (Å²) < 4.78 is 26.7. The van der Waals surface area contributed by atoms with Gasteiger partial charge < -0.3 is 0 Å². The van der Waals surface area contributed by atoms with Gasteiger partial charge in [0, 0.05) is 23.5 Å². The van der Waals surface area contributed by atoms with Crippen molar-refractivity contribution in [2.45, 2.75) is 43.5 Å². The Kier molecular flexibility index (Phi) is 5.78. The Bertz CT molecular complexity index is 600. The van der Waals surface area contributed by atoms with E-state index in [-0.39, 0.29) is 15.8 Å². The van der Waals surface area contributed by atoms with E-state index < -0.39 is 15.6 Å². The zero-order valence-corrected chi connectivity index (χ0v) is 15.0. The van der Waals surface area contributed by atoms with Crippen molar-refractivity contribution in [3.05, 3.63) is 27.7 Å². The summed E-state index contributed by atoms with van der Waals surface area (Å²) in [5.74, 6) is 0.124. The Labute approximate surface area is 135 Å². The molecule has 0 aromatic heterocycles. The summed E-state index contributed by atoms with van der Waals surface area (Å²) in [6.07, 6.45) is 0.677. The number of alkyl halides is 1. The van der Waals surface area contributed by atoms with Gasteiger partial charge in [-0.1, -0.05) is 30.1 Å². The van der Waals surface area contributed by atoms with Crippen LogP contribution in [0.2, 0.25) is 10.0 Å². The second-order valence-corrected chi connectivity index (χ2v) is 8.17. The summed E-state index contributed by atoms with van der Waals surface area (Å²) in [5.41, 5.74) is 0.0298. The first-order valence-corrected chi connectivity index (χ1v) is 8.84. The van der Waals surface area contributed by atoms with Gasteiger partial charge in [0.25, 0.3) is 0 Å². The predicted octanol–water partition coefficient (Wildman–Crippen LogP) is 4.54. The highest BCUT2D eigenvalue weighted by Crippen LogP contribution is 2.33. The smallest absolute Gasteiger partial charge is 0.207 e.